The summed E-state index contributed by atoms with van der Waals surface area (Å²) in [5.74, 6) is 6.29. The van der Waals surface area contributed by atoms with Gasteiger partial charge in [-0.05, 0) is 74.8 Å². The van der Waals surface area contributed by atoms with Crippen LogP contribution in [-0.2, 0) is 27.6 Å². The monoisotopic (exact) mass is 632 g/mol. The van der Waals surface area contributed by atoms with Crippen LogP contribution in [0.2, 0.25) is 0 Å². The van der Waals surface area contributed by atoms with Crippen LogP contribution in [0.1, 0.15) is 78.3 Å². The van der Waals surface area contributed by atoms with E-state index in [-0.39, 0.29) is 12.3 Å². The van der Waals surface area contributed by atoms with Crippen molar-refractivity contribution in [3.63, 3.8) is 0 Å². The highest BCUT2D eigenvalue weighted by molar-refractivity contribution is 7.89. The number of rotatable bonds is 9. The van der Waals surface area contributed by atoms with Gasteiger partial charge in [-0.2, -0.15) is 5.10 Å². The largest absolute Gasteiger partial charge is 0.461 e. The predicted octanol–water partition coefficient (Wildman–Crippen LogP) is 6.04. The van der Waals surface area contributed by atoms with Crippen molar-refractivity contribution < 1.29 is 22.3 Å². The second kappa shape index (κ2) is 12.6. The van der Waals surface area contributed by atoms with Gasteiger partial charge in [0.2, 0.25) is 15.2 Å². The molecule has 0 aliphatic heterocycles. The molecule has 0 saturated heterocycles. The van der Waals surface area contributed by atoms with Gasteiger partial charge in [0.25, 0.3) is 0 Å². The van der Waals surface area contributed by atoms with Crippen LogP contribution in [0.4, 0.5) is 4.39 Å². The number of esters is 1. The van der Waals surface area contributed by atoms with E-state index in [1.54, 1.807) is 23.1 Å². The topological polar surface area (TPSA) is 117 Å². The van der Waals surface area contributed by atoms with Gasteiger partial charge in [-0.1, -0.05) is 42.9 Å². The lowest BCUT2D eigenvalue weighted by atomic mass is 9.96. The Kier molecular flexibility index (Phi) is 8.67. The third kappa shape index (κ3) is 6.78. The first-order valence-corrected chi connectivity index (χ1v) is 17.3. The fraction of sp³-hybridized carbons (Fsp3) is 0.364. The lowest BCUT2D eigenvalue weighted by Gasteiger charge is -2.10. The van der Waals surface area contributed by atoms with Crippen LogP contribution >= 0.6 is 11.3 Å². The Balaban J connectivity index is 1.47. The van der Waals surface area contributed by atoms with Gasteiger partial charge in [0, 0.05) is 34.4 Å². The first-order chi connectivity index (χ1) is 21.2. The van der Waals surface area contributed by atoms with E-state index in [1.807, 2.05) is 24.3 Å². The highest BCUT2D eigenvalue weighted by Gasteiger charge is 2.30. The van der Waals surface area contributed by atoms with Crippen LogP contribution in [0.3, 0.4) is 0 Å². The van der Waals surface area contributed by atoms with Crippen molar-refractivity contribution in [2.24, 2.45) is 17.0 Å². The van der Waals surface area contributed by atoms with Crippen molar-refractivity contribution in [3.05, 3.63) is 81.7 Å². The summed E-state index contributed by atoms with van der Waals surface area (Å²) in [5, 5.41) is 12.5. The molecule has 0 bridgehead atoms. The summed E-state index contributed by atoms with van der Waals surface area (Å²) in [7, 11) is -4.20. The summed E-state index contributed by atoms with van der Waals surface area (Å²) in [6, 6.07) is 12.0. The van der Waals surface area contributed by atoms with Gasteiger partial charge in [0.15, 0.2) is 5.69 Å². The third-order valence-electron chi connectivity index (χ3n) is 8.02. The van der Waals surface area contributed by atoms with Crippen molar-refractivity contribution in [2.45, 2.75) is 63.2 Å². The van der Waals surface area contributed by atoms with Crippen LogP contribution in [0.5, 0.6) is 0 Å². The molecule has 2 fully saturated rings. The van der Waals surface area contributed by atoms with E-state index in [1.165, 1.54) is 36.3 Å². The number of carbonyl (C=O) groups is 1. The Hall–Kier alpha value is -3.85. The zero-order valence-electron chi connectivity index (χ0n) is 24.4. The molecule has 8 nitrogen and oxygen atoms in total. The van der Waals surface area contributed by atoms with E-state index in [0.717, 1.165) is 54.5 Å². The van der Waals surface area contributed by atoms with Crippen LogP contribution in [0.25, 0.3) is 16.4 Å². The number of ether oxygens (including phenoxy) is 1. The van der Waals surface area contributed by atoms with E-state index in [0.29, 0.717) is 34.6 Å². The molecule has 4 aromatic rings. The summed E-state index contributed by atoms with van der Waals surface area (Å²) in [6.45, 7) is 1.99. The molecular formula is C33H33FN4O4S2. The number of nitrogens with zero attached hydrogens (tertiary/aromatic N) is 3. The van der Waals surface area contributed by atoms with Crippen molar-refractivity contribution in [1.82, 2.24) is 14.8 Å². The first kappa shape index (κ1) is 30.2. The van der Waals surface area contributed by atoms with Gasteiger partial charge >= 0.3 is 5.97 Å². The van der Waals surface area contributed by atoms with Gasteiger partial charge in [-0.25, -0.2) is 32.4 Å². The molecule has 0 unspecified atom stereocenters. The first-order valence-electron chi connectivity index (χ1n) is 14.9. The Morgan fingerprint density at radius 2 is 1.95 bits per heavy atom. The highest BCUT2D eigenvalue weighted by Crippen LogP contribution is 2.38. The Labute approximate surface area is 260 Å². The van der Waals surface area contributed by atoms with E-state index in [4.69, 9.17) is 15.0 Å². The maximum atomic E-state index is 14.9. The summed E-state index contributed by atoms with van der Waals surface area (Å²) in [6.07, 6.45) is 7.92. The predicted molar refractivity (Wildman–Crippen MR) is 166 cm³/mol. The Bertz CT molecular complexity index is 1880. The minimum absolute atomic E-state index is 0.215. The van der Waals surface area contributed by atoms with Crippen LogP contribution in [0.15, 0.2) is 52.7 Å². The maximum absolute atomic E-state index is 14.9. The van der Waals surface area contributed by atoms with E-state index >= 15 is 0 Å². The quantitative estimate of drug-likeness (QED) is 0.178. The fourth-order valence-electron chi connectivity index (χ4n) is 5.62. The van der Waals surface area contributed by atoms with Crippen molar-refractivity contribution in [1.29, 1.82) is 0 Å². The van der Waals surface area contributed by atoms with E-state index < -0.39 is 26.7 Å². The smallest absolute Gasteiger partial charge is 0.357 e. The summed E-state index contributed by atoms with van der Waals surface area (Å²) < 4.78 is 45.5. The minimum atomic E-state index is -4.20. The standard InChI is InChI=1S/C33H33FN4O4S2/c1-2-42-32(39)28-20-43-33(36-28)38-29(19-23-12-13-23)26(17-24-14-15-30(27(34)18-24)44(35,40)41)31(37-38)25-9-5-8-22(16-25)11-10-21-6-3-4-7-21/h5,8-9,14-16,18,20-21,23H,2-4,6-7,12-13,17,19H2,1H3,(H2,35,40,41). The maximum Gasteiger partial charge on any atom is 0.357 e. The van der Waals surface area contributed by atoms with Gasteiger partial charge in [-0.15, -0.1) is 11.3 Å². The average Bonchev–Trinajstić information content (AvgIpc) is 3.34. The molecule has 44 heavy (non-hydrogen) atoms. The van der Waals surface area contributed by atoms with Crippen LogP contribution in [0, 0.1) is 29.5 Å². The molecule has 0 amide bonds. The number of aromatic nitrogens is 3. The molecule has 0 spiro atoms. The van der Waals surface area contributed by atoms with Gasteiger partial charge in [0.05, 0.1) is 18.0 Å². The number of sulfonamides is 1. The minimum Gasteiger partial charge on any atom is -0.461 e. The number of halogens is 1. The molecule has 228 valence electrons. The molecule has 0 radical (unpaired) electrons. The molecule has 2 heterocycles. The summed E-state index contributed by atoms with van der Waals surface area (Å²) in [4.78, 5) is 16.4. The molecule has 2 aromatic carbocycles. The molecule has 2 aliphatic rings. The lowest BCUT2D eigenvalue weighted by Crippen LogP contribution is -2.14. The molecule has 2 aromatic heterocycles. The molecule has 2 N–H and O–H groups in total. The number of carbonyl (C=O) groups excluding carboxylic acids is 1. The van der Waals surface area contributed by atoms with Gasteiger partial charge < -0.3 is 4.74 Å². The summed E-state index contributed by atoms with van der Waals surface area (Å²) in [5.41, 5.74) is 5.05. The number of benzene rings is 2. The number of hydrogen-bond donors (Lipinski definition) is 1. The average molecular weight is 633 g/mol. The van der Waals surface area contributed by atoms with Crippen LogP contribution < -0.4 is 5.14 Å². The number of primary sulfonamides is 1. The molecular weight excluding hydrogens is 600 g/mol. The number of nitrogens with two attached hydrogens (primary N) is 1. The van der Waals surface area contributed by atoms with Gasteiger partial charge in [0.1, 0.15) is 10.7 Å². The fourth-order valence-corrected chi connectivity index (χ4v) is 6.97. The van der Waals surface area contributed by atoms with Crippen molar-refractivity contribution in [3.8, 4) is 28.2 Å². The number of hydrogen-bond acceptors (Lipinski definition) is 7. The molecule has 2 saturated carbocycles. The molecule has 2 aliphatic carbocycles. The SMILES string of the molecule is CCOC(=O)c1csc(-n2nc(-c3cccc(C#CC4CCCC4)c3)c(Cc3ccc(S(N)(=O)=O)c(F)c3)c2CC2CC2)n1. The normalized spacial score (nSPS) is 15.2. The van der Waals surface area contributed by atoms with Crippen molar-refractivity contribution in [2.75, 3.05) is 6.61 Å². The van der Waals surface area contributed by atoms with E-state index in [2.05, 4.69) is 16.8 Å². The summed E-state index contributed by atoms with van der Waals surface area (Å²) >= 11 is 1.30. The van der Waals surface area contributed by atoms with Crippen molar-refractivity contribution >= 4 is 27.3 Å². The molecule has 11 heteroatoms. The van der Waals surface area contributed by atoms with Crippen LogP contribution in [-0.4, -0.2) is 35.8 Å². The van der Waals surface area contributed by atoms with Gasteiger partial charge in [-0.3, -0.25) is 0 Å². The molecule has 0 atom stereocenters. The lowest BCUT2D eigenvalue weighted by molar-refractivity contribution is 0.0520. The zero-order valence-corrected chi connectivity index (χ0v) is 26.0. The second-order valence-corrected chi connectivity index (χ2v) is 13.8. The molecule has 6 rings (SSSR count). The zero-order chi connectivity index (χ0) is 30.8. The van der Waals surface area contributed by atoms with E-state index in [9.17, 15) is 17.6 Å². The Morgan fingerprint density at radius 3 is 2.66 bits per heavy atom. The Morgan fingerprint density at radius 1 is 1.16 bits per heavy atom. The second-order valence-electron chi connectivity index (χ2n) is 11.4. The number of thiazole rings is 1. The highest BCUT2D eigenvalue weighted by atomic mass is 32.2. The third-order valence-corrected chi connectivity index (χ3v) is 9.78.